The molecular weight excluding hydrogens is 629 g/mol. The third-order valence-corrected chi connectivity index (χ3v) is 9.39. The van der Waals surface area contributed by atoms with Crippen molar-refractivity contribution in [1.29, 1.82) is 0 Å². The third-order valence-electron chi connectivity index (χ3n) is 9.39. The van der Waals surface area contributed by atoms with Crippen molar-refractivity contribution in [2.45, 2.75) is 19.3 Å². The normalized spacial score (nSPS) is 20.9. The molecule has 1 aliphatic carbocycles. The summed E-state index contributed by atoms with van der Waals surface area (Å²) in [5.74, 6) is 0. The minimum atomic E-state index is -1.46. The Morgan fingerprint density at radius 3 is 1.62 bits per heavy atom. The van der Waals surface area contributed by atoms with Gasteiger partial charge in [0.2, 0.25) is 0 Å². The van der Waals surface area contributed by atoms with Crippen LogP contribution in [0.3, 0.4) is 0 Å². The zero-order chi connectivity index (χ0) is 58.9. The molecule has 1 aliphatic rings. The lowest BCUT2D eigenvalue weighted by Gasteiger charge is -2.22. The first-order valence-electron chi connectivity index (χ1n) is 29.9. The highest BCUT2D eigenvalue weighted by Crippen LogP contribution is 2.51. The van der Waals surface area contributed by atoms with Crippen LogP contribution >= 0.6 is 0 Å². The molecule has 1 heterocycles. The molecule has 0 radical (unpaired) electrons. The quantitative estimate of drug-likeness (QED) is 0.168. The predicted octanol–water partition coefficient (Wildman–Crippen LogP) is 14.4. The predicted molar refractivity (Wildman–Crippen MR) is 220 cm³/mol. The Kier molecular flexibility index (Phi) is 2.69. The largest absolute Gasteiger partial charge is 0.456 e. The summed E-state index contributed by atoms with van der Waals surface area (Å²) < 4.78 is 261. The van der Waals surface area contributed by atoms with Crippen molar-refractivity contribution < 1.29 is 42.8 Å². The molecule has 0 atom stereocenters. The first-order valence-corrected chi connectivity index (χ1v) is 15.9. The Bertz CT molecular complexity index is 4600. The van der Waals surface area contributed by atoms with Crippen LogP contribution in [0.15, 0.2) is 174 Å². The zero-order valence-corrected chi connectivity index (χ0v) is 26.9. The summed E-state index contributed by atoms with van der Waals surface area (Å²) in [6.07, 6.45) is 0. The zero-order valence-electron chi connectivity index (χ0n) is 54.9. The molecule has 52 heavy (non-hydrogen) atoms. The van der Waals surface area contributed by atoms with E-state index in [1.807, 2.05) is 0 Å². The molecule has 0 aliphatic heterocycles. The van der Waals surface area contributed by atoms with E-state index in [2.05, 4.69) is 0 Å². The van der Waals surface area contributed by atoms with Gasteiger partial charge in [0.05, 0.1) is 38.4 Å². The topological polar surface area (TPSA) is 13.1 Å². The molecule has 0 N–H and O–H groups in total. The van der Waals surface area contributed by atoms with Crippen molar-refractivity contribution in [2.75, 3.05) is 0 Å². The smallest absolute Gasteiger partial charge is 0.136 e. The van der Waals surface area contributed by atoms with Crippen LogP contribution in [-0.2, 0) is 5.41 Å². The summed E-state index contributed by atoms with van der Waals surface area (Å²) in [4.78, 5) is 0. The Morgan fingerprint density at radius 1 is 0.385 bits per heavy atom. The molecule has 11 rings (SSSR count). The highest BCUT2D eigenvalue weighted by Gasteiger charge is 2.35. The molecular formula is C51H34O. The summed E-state index contributed by atoms with van der Waals surface area (Å²) >= 11 is 0. The molecule has 0 amide bonds. The van der Waals surface area contributed by atoms with E-state index in [1.165, 1.54) is 13.8 Å². The number of fused-ring (bicyclic) bond motifs is 9. The number of rotatable bonds is 3. The van der Waals surface area contributed by atoms with Crippen molar-refractivity contribution in [3.8, 4) is 44.5 Å². The van der Waals surface area contributed by atoms with Gasteiger partial charge in [-0.15, -0.1) is 0 Å². The standard InChI is InChI=1S/C51H34O/c1-51(2)45-18-10-9-13-37(45)42-29-36(23-25-46(42)51)50-40-16-7-5-14-38(40)49(39-15-6-8-17-41(39)50)32-21-19-31(20-22-32)35-24-26-47-43(28-35)44-27-33-11-3-4-12-34(33)30-48(44)52-47/h3-30H,1-2H3/i3D,4D,5D,6D,7D,8D,9D,10D,11D,12D,13D,14D,15D,16D,17D,18D,19D,20D,21D,22D,23D,24D,25D,26D,27D,28D,29D,30D. The lowest BCUT2D eigenvalue weighted by Crippen LogP contribution is -2.14. The minimum absolute atomic E-state index is 0.0278. The van der Waals surface area contributed by atoms with Gasteiger partial charge >= 0.3 is 0 Å². The lowest BCUT2D eigenvalue weighted by molar-refractivity contribution is 0.660. The van der Waals surface area contributed by atoms with Crippen molar-refractivity contribution in [3.05, 3.63) is 180 Å². The van der Waals surface area contributed by atoms with Crippen LogP contribution in [0.5, 0.6) is 0 Å². The molecule has 0 spiro atoms. The molecule has 0 unspecified atom stereocenters. The maximum atomic E-state index is 9.92. The van der Waals surface area contributed by atoms with Crippen LogP contribution < -0.4 is 0 Å². The van der Waals surface area contributed by atoms with Crippen molar-refractivity contribution >= 4 is 54.3 Å². The third kappa shape index (κ3) is 4.17. The number of furan rings is 1. The highest BCUT2D eigenvalue weighted by molar-refractivity contribution is 6.21. The Hall–Kier alpha value is -6.44. The molecule has 244 valence electrons. The van der Waals surface area contributed by atoms with Gasteiger partial charge in [0.15, 0.2) is 0 Å². The number of hydrogen-bond acceptors (Lipinski definition) is 1. The second-order valence-electron chi connectivity index (χ2n) is 12.6. The van der Waals surface area contributed by atoms with Crippen LogP contribution in [-0.4, -0.2) is 0 Å². The fraction of sp³-hybridized carbons (Fsp3) is 0.0588. The SMILES string of the molecule is [2H]c1c([2H])c([2H])c2c(c1[2H])-c1c([2H])c(-c3c4c([2H])c([2H])c([2H])c([2H])c4c(-c4c([2H])c([2H])c(-c5c([2H])c([2H])c6oc7c([2H])c8c([2H])c([2H])c([2H])c([2H])c8c([2H])c7c6c5[2H])c([2H])c4[2H])c4c([2H])c([2H])c([2H])c([2H])c34)c([2H])c([2H])c1C2(C)C. The Labute approximate surface area is 341 Å². The van der Waals surface area contributed by atoms with Gasteiger partial charge in [-0.05, 0) is 118 Å². The van der Waals surface area contributed by atoms with Crippen LogP contribution in [0.2, 0.25) is 0 Å². The number of benzene rings is 9. The van der Waals surface area contributed by atoms with Crippen molar-refractivity contribution in [1.82, 2.24) is 0 Å². The maximum Gasteiger partial charge on any atom is 0.136 e. The van der Waals surface area contributed by atoms with Crippen LogP contribution in [0.4, 0.5) is 0 Å². The average molecular weight is 691 g/mol. The molecule has 1 heteroatoms. The van der Waals surface area contributed by atoms with Gasteiger partial charge in [-0.1, -0.05) is 153 Å². The summed E-state index contributed by atoms with van der Waals surface area (Å²) in [5, 5.41) is -4.56. The molecule has 0 saturated heterocycles. The van der Waals surface area contributed by atoms with E-state index < -0.39 is 262 Å². The first-order chi connectivity index (χ1) is 37.2. The van der Waals surface area contributed by atoms with E-state index >= 15 is 0 Å². The van der Waals surface area contributed by atoms with Gasteiger partial charge in [0.1, 0.15) is 11.2 Å². The van der Waals surface area contributed by atoms with E-state index in [0.29, 0.717) is 0 Å². The van der Waals surface area contributed by atoms with E-state index in [0.717, 1.165) is 0 Å². The molecule has 0 bridgehead atoms. The maximum absolute atomic E-state index is 9.92. The van der Waals surface area contributed by atoms with Crippen LogP contribution in [0.25, 0.3) is 98.8 Å². The lowest BCUT2D eigenvalue weighted by atomic mass is 9.81. The molecule has 1 aromatic heterocycles. The van der Waals surface area contributed by atoms with Gasteiger partial charge in [0.25, 0.3) is 0 Å². The Morgan fingerprint density at radius 2 is 0.904 bits per heavy atom. The number of hydrogen-bond donors (Lipinski definition) is 0. The van der Waals surface area contributed by atoms with E-state index in [9.17, 15) is 17.8 Å². The molecule has 10 aromatic rings. The summed E-state index contributed by atoms with van der Waals surface area (Å²) in [6.45, 7) is 3.06. The second-order valence-corrected chi connectivity index (χ2v) is 12.6. The molecule has 0 saturated carbocycles. The second kappa shape index (κ2) is 10.8. The van der Waals surface area contributed by atoms with Gasteiger partial charge in [-0.2, -0.15) is 0 Å². The van der Waals surface area contributed by atoms with E-state index in [4.69, 9.17) is 25.0 Å². The highest BCUT2D eigenvalue weighted by atomic mass is 16.3. The van der Waals surface area contributed by atoms with Gasteiger partial charge in [-0.25, -0.2) is 0 Å². The first kappa shape index (κ1) is 13.0. The summed E-state index contributed by atoms with van der Waals surface area (Å²) in [7, 11) is 0. The fourth-order valence-electron chi connectivity index (χ4n) is 6.95. The average Bonchev–Trinajstić information content (AvgIpc) is 4.02. The van der Waals surface area contributed by atoms with Crippen molar-refractivity contribution in [3.63, 3.8) is 0 Å². The summed E-state index contributed by atoms with van der Waals surface area (Å²) in [6, 6.07) is -23.5. The molecule has 9 aromatic carbocycles. The minimum Gasteiger partial charge on any atom is -0.456 e. The van der Waals surface area contributed by atoms with Gasteiger partial charge < -0.3 is 4.42 Å². The molecule has 1 nitrogen and oxygen atoms in total. The monoisotopic (exact) mass is 690 g/mol. The fourth-order valence-corrected chi connectivity index (χ4v) is 6.95. The van der Waals surface area contributed by atoms with E-state index in [-0.39, 0.29) is 22.3 Å². The van der Waals surface area contributed by atoms with E-state index in [1.54, 1.807) is 0 Å². The van der Waals surface area contributed by atoms with Crippen LogP contribution in [0.1, 0.15) is 63.4 Å². The van der Waals surface area contributed by atoms with Gasteiger partial charge in [0, 0.05) is 16.2 Å². The van der Waals surface area contributed by atoms with Crippen molar-refractivity contribution in [2.24, 2.45) is 0 Å². The summed E-state index contributed by atoms with van der Waals surface area (Å²) in [5.41, 5.74) is -7.61. The van der Waals surface area contributed by atoms with Gasteiger partial charge in [-0.3, -0.25) is 0 Å². The Balaban J connectivity index is 1.31. The van der Waals surface area contributed by atoms with Crippen LogP contribution in [0, 0.1) is 0 Å². The molecule has 0 fully saturated rings.